The van der Waals surface area contributed by atoms with E-state index in [1.54, 1.807) is 35.4 Å². The molecule has 2 aromatic heterocycles. The number of hydrogen-bond acceptors (Lipinski definition) is 8. The lowest BCUT2D eigenvalue weighted by Gasteiger charge is -2.08. The van der Waals surface area contributed by atoms with Gasteiger partial charge in [-0.05, 0) is 49.0 Å². The number of aromatic nitrogens is 2. The van der Waals surface area contributed by atoms with Crippen molar-refractivity contribution in [3.8, 4) is 16.8 Å². The Balaban J connectivity index is 0.000000710. The third-order valence-corrected chi connectivity index (χ3v) is 6.86. The Morgan fingerprint density at radius 1 is 1.00 bits per heavy atom. The van der Waals surface area contributed by atoms with Crippen molar-refractivity contribution in [3.63, 3.8) is 0 Å². The number of nitrogens with two attached hydrogens (primary N) is 1. The molecule has 0 unspecified atom stereocenters. The molecule has 184 valence electrons. The molecule has 9 heteroatoms. The number of nitriles is 1. The Morgan fingerprint density at radius 3 is 2.44 bits per heavy atom. The number of fused-ring (bicyclic) bond motifs is 2. The van der Waals surface area contributed by atoms with Gasteiger partial charge in [0.2, 0.25) is 0 Å². The van der Waals surface area contributed by atoms with Crippen LogP contribution in [-0.4, -0.2) is 29.7 Å². The van der Waals surface area contributed by atoms with Crippen molar-refractivity contribution in [2.75, 3.05) is 12.4 Å². The zero-order valence-electron chi connectivity index (χ0n) is 20.3. The normalized spacial score (nSPS) is 10.7. The Hall–Kier alpha value is -3.84. The van der Waals surface area contributed by atoms with Crippen molar-refractivity contribution in [2.24, 2.45) is 5.73 Å². The number of thiazole rings is 1. The van der Waals surface area contributed by atoms with E-state index in [1.807, 2.05) is 63.2 Å². The predicted octanol–water partition coefficient (Wildman–Crippen LogP) is 5.80. The zero-order chi connectivity index (χ0) is 26.5. The summed E-state index contributed by atoms with van der Waals surface area (Å²) in [5.74, 6) is -0.0824. The number of anilines is 1. The Bertz CT molecular complexity index is 1330. The molecule has 36 heavy (non-hydrogen) atoms. The minimum absolute atomic E-state index is 0.0824. The van der Waals surface area contributed by atoms with Gasteiger partial charge in [-0.1, -0.05) is 43.8 Å². The fraction of sp³-hybridized carbons (Fsp3) is 0.148. The van der Waals surface area contributed by atoms with Crippen LogP contribution in [0.1, 0.15) is 40.2 Å². The molecule has 0 spiro atoms. The number of carbonyl (C=O) groups is 2. The molecule has 4 aromatic rings. The highest BCUT2D eigenvalue weighted by Crippen LogP contribution is 2.39. The summed E-state index contributed by atoms with van der Waals surface area (Å²) in [7, 11) is 1.50. The molecule has 5 rings (SSSR count). The van der Waals surface area contributed by atoms with E-state index in [-0.39, 0.29) is 5.91 Å². The molecule has 0 radical (unpaired) electrons. The van der Waals surface area contributed by atoms with Gasteiger partial charge in [-0.15, -0.1) is 11.3 Å². The number of amides is 1. The molecular weight excluding hydrogens is 490 g/mol. The van der Waals surface area contributed by atoms with Crippen molar-refractivity contribution in [1.29, 1.82) is 5.26 Å². The first-order chi connectivity index (χ1) is 17.7. The van der Waals surface area contributed by atoms with Crippen molar-refractivity contribution < 1.29 is 9.59 Å². The molecule has 0 aliphatic carbocycles. The molecule has 3 N–H and O–H groups in total. The summed E-state index contributed by atoms with van der Waals surface area (Å²) in [6, 6.07) is 19.5. The number of hydrogen-bond donors (Lipinski definition) is 2. The monoisotopic (exact) mass is 517 g/mol. The van der Waals surface area contributed by atoms with Gasteiger partial charge in [0.15, 0.2) is 0 Å². The molecular formula is C27H27N5O2S2. The minimum atomic E-state index is -0.0824. The standard InChI is InChI=1S/C23H14N4OS2.C2H6.CH5N.CH2O/c24-11-15-5-7-18(25-12-15)23-26-13-16(29-23)9-14-6-8-21-19(10-14)27-22(28)17-3-1-2-4-20(17)30-21;3*1-2/h1-8,10,12-13H,9H2,(H,27,28);1-2H3;2H2,1H3;1H2. The summed E-state index contributed by atoms with van der Waals surface area (Å²) < 4.78 is 0. The fourth-order valence-electron chi connectivity index (χ4n) is 3.22. The summed E-state index contributed by atoms with van der Waals surface area (Å²) in [5.41, 5.74) is 8.42. The van der Waals surface area contributed by atoms with Crippen LogP contribution >= 0.6 is 23.1 Å². The van der Waals surface area contributed by atoms with E-state index in [1.165, 1.54) is 7.05 Å². The summed E-state index contributed by atoms with van der Waals surface area (Å²) in [5, 5.41) is 12.8. The van der Waals surface area contributed by atoms with Crippen molar-refractivity contribution in [1.82, 2.24) is 9.97 Å². The first-order valence-electron chi connectivity index (χ1n) is 11.1. The highest BCUT2D eigenvalue weighted by atomic mass is 32.2. The van der Waals surface area contributed by atoms with Gasteiger partial charge in [0.05, 0.1) is 22.5 Å². The van der Waals surface area contributed by atoms with Gasteiger partial charge in [0.25, 0.3) is 5.91 Å². The van der Waals surface area contributed by atoms with Crippen LogP contribution < -0.4 is 11.1 Å². The summed E-state index contributed by atoms with van der Waals surface area (Å²) in [4.78, 5) is 32.5. The lowest BCUT2D eigenvalue weighted by molar-refractivity contribution is -0.0980. The smallest absolute Gasteiger partial charge is 0.256 e. The average molecular weight is 518 g/mol. The van der Waals surface area contributed by atoms with Crippen molar-refractivity contribution >= 4 is 41.5 Å². The zero-order valence-corrected chi connectivity index (χ0v) is 22.0. The van der Waals surface area contributed by atoms with Gasteiger partial charge < -0.3 is 15.8 Å². The van der Waals surface area contributed by atoms with Gasteiger partial charge in [0, 0.05) is 33.5 Å². The lowest BCUT2D eigenvalue weighted by Crippen LogP contribution is -2.11. The third kappa shape index (κ3) is 6.86. The van der Waals surface area contributed by atoms with Gasteiger partial charge in [-0.25, -0.2) is 4.98 Å². The van der Waals surface area contributed by atoms with Crippen LogP contribution in [0.2, 0.25) is 0 Å². The lowest BCUT2D eigenvalue weighted by atomic mass is 10.1. The minimum Gasteiger partial charge on any atom is -0.333 e. The van der Waals surface area contributed by atoms with Crippen molar-refractivity contribution in [3.05, 3.63) is 88.6 Å². The number of pyridine rings is 1. The van der Waals surface area contributed by atoms with Gasteiger partial charge in [0.1, 0.15) is 17.9 Å². The predicted molar refractivity (Wildman–Crippen MR) is 146 cm³/mol. The maximum absolute atomic E-state index is 12.6. The topological polar surface area (TPSA) is 122 Å². The SMILES string of the molecule is C=O.CC.CN.N#Cc1ccc(-c2ncc(Cc3ccc4c(c3)NC(=O)c3ccccc3S4)s2)nc1. The molecule has 3 heterocycles. The molecule has 7 nitrogen and oxygen atoms in total. The highest BCUT2D eigenvalue weighted by Gasteiger charge is 2.19. The number of nitrogens with zero attached hydrogens (tertiary/aromatic N) is 3. The summed E-state index contributed by atoms with van der Waals surface area (Å²) in [6.45, 7) is 6.00. The largest absolute Gasteiger partial charge is 0.333 e. The third-order valence-electron chi connectivity index (χ3n) is 4.69. The summed E-state index contributed by atoms with van der Waals surface area (Å²) in [6.07, 6.45) is 4.13. The maximum Gasteiger partial charge on any atom is 0.256 e. The molecule has 1 amide bonds. The van der Waals surface area contributed by atoms with E-state index < -0.39 is 0 Å². The summed E-state index contributed by atoms with van der Waals surface area (Å²) >= 11 is 3.18. The van der Waals surface area contributed by atoms with Gasteiger partial charge in [-0.2, -0.15) is 5.26 Å². The second-order valence-electron chi connectivity index (χ2n) is 6.74. The second kappa shape index (κ2) is 14.5. The van der Waals surface area contributed by atoms with Gasteiger partial charge >= 0.3 is 0 Å². The average Bonchev–Trinajstić information content (AvgIpc) is 3.36. The Kier molecular flexibility index (Phi) is 11.5. The van der Waals surface area contributed by atoms with E-state index >= 15 is 0 Å². The number of rotatable bonds is 3. The molecule has 0 saturated heterocycles. The van der Waals surface area contributed by atoms with Crippen LogP contribution in [0.5, 0.6) is 0 Å². The van der Waals surface area contributed by atoms with Crippen LogP contribution in [0.4, 0.5) is 5.69 Å². The van der Waals surface area contributed by atoms with E-state index in [0.29, 0.717) is 17.5 Å². The van der Waals surface area contributed by atoms with Gasteiger partial charge in [-0.3, -0.25) is 9.78 Å². The molecule has 2 aromatic carbocycles. The van der Waals surface area contributed by atoms with E-state index in [4.69, 9.17) is 10.1 Å². The molecule has 1 aliphatic rings. The van der Waals surface area contributed by atoms with E-state index in [9.17, 15) is 4.79 Å². The first kappa shape index (κ1) is 28.4. The van der Waals surface area contributed by atoms with Crippen LogP contribution in [0, 0.1) is 11.3 Å². The molecule has 0 fully saturated rings. The molecule has 0 bridgehead atoms. The van der Waals surface area contributed by atoms with Crippen LogP contribution in [0.25, 0.3) is 10.7 Å². The first-order valence-corrected chi connectivity index (χ1v) is 12.7. The number of carbonyl (C=O) groups excluding carboxylic acids is 2. The van der Waals surface area contributed by atoms with Crippen LogP contribution in [0.15, 0.2) is 76.8 Å². The molecule has 1 aliphatic heterocycles. The van der Waals surface area contributed by atoms with E-state index in [2.05, 4.69) is 39.2 Å². The maximum atomic E-state index is 12.6. The number of benzene rings is 2. The molecule has 0 saturated carbocycles. The van der Waals surface area contributed by atoms with Crippen molar-refractivity contribution in [2.45, 2.75) is 30.1 Å². The number of nitrogens with one attached hydrogen (secondary N) is 1. The quantitative estimate of drug-likeness (QED) is 0.352. The van der Waals surface area contributed by atoms with Crippen LogP contribution in [-0.2, 0) is 11.2 Å². The second-order valence-corrected chi connectivity index (χ2v) is 8.93. The molecule has 0 atom stereocenters. The Labute approximate surface area is 219 Å². The van der Waals surface area contributed by atoms with E-state index in [0.717, 1.165) is 36.6 Å². The Morgan fingerprint density at radius 2 is 1.75 bits per heavy atom. The highest BCUT2D eigenvalue weighted by molar-refractivity contribution is 7.99. The van der Waals surface area contributed by atoms with Crippen LogP contribution in [0.3, 0.4) is 0 Å². The fourth-order valence-corrected chi connectivity index (χ4v) is 5.15.